The van der Waals surface area contributed by atoms with Crippen molar-refractivity contribution in [2.24, 2.45) is 0 Å². The highest BCUT2D eigenvalue weighted by Crippen LogP contribution is 2.44. The minimum absolute atomic E-state index is 0.262. The van der Waals surface area contributed by atoms with Gasteiger partial charge in [0, 0.05) is 25.7 Å². The van der Waals surface area contributed by atoms with Gasteiger partial charge < -0.3 is 24.2 Å². The molecular weight excluding hydrogens is 546 g/mol. The summed E-state index contributed by atoms with van der Waals surface area (Å²) in [6, 6.07) is 10.2. The van der Waals surface area contributed by atoms with Crippen LogP contribution < -0.4 is 14.8 Å². The van der Waals surface area contributed by atoms with Crippen LogP contribution >= 0.6 is 15.9 Å². The first-order chi connectivity index (χ1) is 18.5. The quantitative estimate of drug-likeness (QED) is 0.234. The maximum absolute atomic E-state index is 13.1. The topological polar surface area (TPSA) is 76.8 Å². The van der Waals surface area contributed by atoms with Gasteiger partial charge in [-0.2, -0.15) is 0 Å². The molecule has 0 bridgehead atoms. The zero-order valence-corrected chi connectivity index (χ0v) is 24.4. The van der Waals surface area contributed by atoms with Gasteiger partial charge in [-0.3, -0.25) is 4.79 Å². The fourth-order valence-electron chi connectivity index (χ4n) is 4.59. The highest BCUT2D eigenvalue weighted by molar-refractivity contribution is 9.10. The Morgan fingerprint density at radius 2 is 1.79 bits per heavy atom. The second-order valence-electron chi connectivity index (χ2n) is 9.75. The number of hydrogen-bond acceptors (Lipinski definition) is 6. The van der Waals surface area contributed by atoms with Crippen LogP contribution in [0.5, 0.6) is 11.5 Å². The second kappa shape index (κ2) is 13.3. The van der Waals surface area contributed by atoms with E-state index in [2.05, 4.69) is 70.4 Å². The molecular formula is C30H38BrN3O4. The van der Waals surface area contributed by atoms with Crippen molar-refractivity contribution in [2.75, 3.05) is 33.4 Å². The molecule has 1 aromatic heterocycles. The van der Waals surface area contributed by atoms with Gasteiger partial charge in [0.1, 0.15) is 11.5 Å². The minimum atomic E-state index is -0.262. The summed E-state index contributed by atoms with van der Waals surface area (Å²) in [6.45, 7) is 9.76. The molecule has 38 heavy (non-hydrogen) atoms. The van der Waals surface area contributed by atoms with Crippen molar-refractivity contribution in [1.29, 1.82) is 0 Å². The van der Waals surface area contributed by atoms with Gasteiger partial charge >= 0.3 is 0 Å². The molecule has 0 atom stereocenters. The van der Waals surface area contributed by atoms with Crippen LogP contribution in [-0.2, 0) is 13.0 Å². The number of benzene rings is 2. The molecule has 0 aliphatic carbocycles. The zero-order chi connectivity index (χ0) is 27.1. The van der Waals surface area contributed by atoms with E-state index in [1.165, 1.54) is 11.1 Å². The number of hydrogen-bond donors (Lipinski definition) is 1. The number of carbonyl (C=O) groups is 1. The van der Waals surface area contributed by atoms with Gasteiger partial charge in [-0.25, -0.2) is 0 Å². The number of fused-ring (bicyclic) bond motifs is 1. The third kappa shape index (κ3) is 6.41. The summed E-state index contributed by atoms with van der Waals surface area (Å²) in [4.78, 5) is 15.4. The van der Waals surface area contributed by atoms with E-state index in [0.29, 0.717) is 36.8 Å². The normalized spacial score (nSPS) is 13.3. The van der Waals surface area contributed by atoms with E-state index < -0.39 is 0 Å². The molecule has 0 saturated carbocycles. The van der Waals surface area contributed by atoms with E-state index in [1.54, 1.807) is 0 Å². The van der Waals surface area contributed by atoms with Crippen LogP contribution in [0.3, 0.4) is 0 Å². The summed E-state index contributed by atoms with van der Waals surface area (Å²) in [6.07, 6.45) is 4.92. The zero-order valence-electron chi connectivity index (χ0n) is 22.9. The molecule has 0 spiro atoms. The second-order valence-corrected chi connectivity index (χ2v) is 10.6. The molecule has 1 N–H and O–H groups in total. The highest BCUT2D eigenvalue weighted by atomic mass is 79.9. The number of carbonyl (C=O) groups excluding carboxylic acids is 1. The van der Waals surface area contributed by atoms with Crippen LogP contribution in [0.1, 0.15) is 68.1 Å². The van der Waals surface area contributed by atoms with Crippen molar-refractivity contribution < 1.29 is 18.8 Å². The van der Waals surface area contributed by atoms with Gasteiger partial charge in [0.15, 0.2) is 11.5 Å². The molecule has 1 amide bonds. The van der Waals surface area contributed by atoms with Crippen molar-refractivity contribution in [3.05, 3.63) is 51.6 Å². The number of nitrogens with zero attached hydrogens (tertiary/aromatic N) is 2. The average molecular weight is 585 g/mol. The molecule has 8 heteroatoms. The van der Waals surface area contributed by atoms with Crippen molar-refractivity contribution >= 4 is 21.8 Å². The Balaban J connectivity index is 1.84. The van der Waals surface area contributed by atoms with E-state index in [4.69, 9.17) is 14.0 Å². The first-order valence-corrected chi connectivity index (χ1v) is 14.4. The molecule has 0 saturated heterocycles. The predicted octanol–water partition coefficient (Wildman–Crippen LogP) is 6.87. The molecule has 0 unspecified atom stereocenters. The molecule has 2 aromatic carbocycles. The molecule has 3 aromatic rings. The number of nitrogens with one attached hydrogen (secondary N) is 1. The molecule has 1 aliphatic rings. The summed E-state index contributed by atoms with van der Waals surface area (Å²) in [5, 5.41) is 7.15. The molecule has 1 aliphatic heterocycles. The number of unbranched alkanes of at least 4 members (excludes halogenated alkanes) is 2. The Labute approximate surface area is 234 Å². The monoisotopic (exact) mass is 583 g/mol. The van der Waals surface area contributed by atoms with Gasteiger partial charge in [-0.1, -0.05) is 50.0 Å². The Morgan fingerprint density at radius 3 is 2.50 bits per heavy atom. The Morgan fingerprint density at radius 1 is 1.05 bits per heavy atom. The Kier molecular flexibility index (Phi) is 9.86. The van der Waals surface area contributed by atoms with Crippen molar-refractivity contribution in [2.45, 2.75) is 59.4 Å². The minimum Gasteiger partial charge on any atom is -0.493 e. The first-order valence-electron chi connectivity index (χ1n) is 13.6. The van der Waals surface area contributed by atoms with Crippen LogP contribution in [0.4, 0.5) is 0 Å². The maximum Gasteiger partial charge on any atom is 0.274 e. The third-order valence-electron chi connectivity index (χ3n) is 6.73. The fraction of sp³-hybridized carbons (Fsp3) is 0.467. The van der Waals surface area contributed by atoms with Crippen molar-refractivity contribution in [1.82, 2.24) is 15.4 Å². The lowest BCUT2D eigenvalue weighted by Crippen LogP contribution is -2.26. The molecule has 0 radical (unpaired) electrons. The molecule has 204 valence electrons. The van der Waals surface area contributed by atoms with Crippen molar-refractivity contribution in [3.63, 3.8) is 0 Å². The Bertz CT molecular complexity index is 1260. The van der Waals surface area contributed by atoms with Gasteiger partial charge in [0.25, 0.3) is 5.91 Å². The lowest BCUT2D eigenvalue weighted by Gasteiger charge is -2.25. The largest absolute Gasteiger partial charge is 0.493 e. The average Bonchev–Trinajstić information content (AvgIpc) is 3.35. The molecule has 7 nitrogen and oxygen atoms in total. The van der Waals surface area contributed by atoms with Gasteiger partial charge in [0.2, 0.25) is 0 Å². The van der Waals surface area contributed by atoms with Gasteiger partial charge in [-0.05, 0) is 71.9 Å². The van der Waals surface area contributed by atoms with E-state index in [9.17, 15) is 4.79 Å². The SMILES string of the molecule is CCCCOc1cc(OCCCC)c(-c2onc(C(=O)NCC)c2-c2ccc3c(c2)CCN(C)C3)cc1Br. The number of halogens is 1. The van der Waals surface area contributed by atoms with E-state index in [0.717, 1.165) is 66.5 Å². The summed E-state index contributed by atoms with van der Waals surface area (Å²) >= 11 is 3.68. The van der Waals surface area contributed by atoms with Crippen LogP contribution in [0.25, 0.3) is 22.5 Å². The number of amides is 1. The predicted molar refractivity (Wildman–Crippen MR) is 154 cm³/mol. The molecule has 2 heterocycles. The van der Waals surface area contributed by atoms with Crippen molar-refractivity contribution in [3.8, 4) is 33.9 Å². The van der Waals surface area contributed by atoms with Crippen LogP contribution in [0, 0.1) is 0 Å². The Hall–Kier alpha value is -2.84. The summed E-state index contributed by atoms with van der Waals surface area (Å²) in [5.74, 6) is 1.61. The maximum atomic E-state index is 13.1. The third-order valence-corrected chi connectivity index (χ3v) is 7.35. The van der Waals surface area contributed by atoms with E-state index in [-0.39, 0.29) is 11.6 Å². The summed E-state index contributed by atoms with van der Waals surface area (Å²) in [5.41, 5.74) is 5.17. The van der Waals surface area contributed by atoms with Gasteiger partial charge in [-0.15, -0.1) is 0 Å². The summed E-state index contributed by atoms with van der Waals surface area (Å²) in [7, 11) is 2.13. The summed E-state index contributed by atoms with van der Waals surface area (Å²) < 4.78 is 19.0. The lowest BCUT2D eigenvalue weighted by molar-refractivity contribution is 0.0947. The number of likely N-dealkylation sites (N-methyl/N-ethyl adjacent to an activating group) is 1. The standard InChI is InChI=1S/C30H38BrN3O4/c1-5-8-14-36-25-18-26(37-15-9-6-2)24(31)17-23(25)29-27(28(33-38-29)30(35)32-7-3)21-10-11-22-19-34(4)13-12-20(22)16-21/h10-11,16-18H,5-9,12-15,19H2,1-4H3,(H,32,35). The van der Waals surface area contributed by atoms with E-state index >= 15 is 0 Å². The lowest BCUT2D eigenvalue weighted by atomic mass is 9.92. The highest BCUT2D eigenvalue weighted by Gasteiger charge is 2.28. The van der Waals surface area contributed by atoms with Crippen LogP contribution in [0.2, 0.25) is 0 Å². The van der Waals surface area contributed by atoms with Crippen LogP contribution in [0.15, 0.2) is 39.3 Å². The van der Waals surface area contributed by atoms with Gasteiger partial charge in [0.05, 0.1) is 28.8 Å². The van der Waals surface area contributed by atoms with Crippen LogP contribution in [-0.4, -0.2) is 49.3 Å². The number of ether oxygens (including phenoxy) is 2. The van der Waals surface area contributed by atoms with E-state index in [1.807, 2.05) is 19.1 Å². The first kappa shape index (κ1) is 28.2. The number of rotatable bonds is 12. The fourth-order valence-corrected chi connectivity index (χ4v) is 5.04. The molecule has 4 rings (SSSR count). The number of aromatic nitrogens is 1. The molecule has 0 fully saturated rings. The smallest absolute Gasteiger partial charge is 0.274 e.